The Kier molecular flexibility index (Phi) is 3.82. The smallest absolute Gasteiger partial charge is 0.107 e. The predicted octanol–water partition coefficient (Wildman–Crippen LogP) is 3.89. The molecule has 2 nitrogen and oxygen atoms in total. The van der Waals surface area contributed by atoms with Gasteiger partial charge < -0.3 is 5.11 Å². The van der Waals surface area contributed by atoms with Gasteiger partial charge in [-0.3, -0.25) is 4.98 Å². The number of aliphatic hydroxyl groups is 1. The first kappa shape index (κ1) is 12.6. The Balaban J connectivity index is 2.43. The van der Waals surface area contributed by atoms with E-state index in [-0.39, 0.29) is 0 Å². The number of aliphatic hydroxyl groups excluding tert-OH is 1. The van der Waals surface area contributed by atoms with Crippen LogP contribution in [-0.4, -0.2) is 10.1 Å². The highest BCUT2D eigenvalue weighted by Crippen LogP contribution is 2.30. The molecule has 0 bridgehead atoms. The van der Waals surface area contributed by atoms with Crippen molar-refractivity contribution >= 4 is 27.5 Å². The molecule has 17 heavy (non-hydrogen) atoms. The summed E-state index contributed by atoms with van der Waals surface area (Å²) in [5.41, 5.74) is 2.51. The van der Waals surface area contributed by atoms with Crippen LogP contribution in [0.5, 0.6) is 0 Å². The number of aromatic nitrogens is 1. The van der Waals surface area contributed by atoms with Crippen molar-refractivity contribution in [3.05, 3.63) is 62.8 Å². The minimum Gasteiger partial charge on any atom is -0.384 e. The highest BCUT2D eigenvalue weighted by molar-refractivity contribution is 9.10. The van der Waals surface area contributed by atoms with E-state index >= 15 is 0 Å². The second-order valence-electron chi connectivity index (χ2n) is 3.86. The molecule has 1 atom stereocenters. The van der Waals surface area contributed by atoms with Crippen molar-refractivity contribution < 1.29 is 5.11 Å². The fourth-order valence-corrected chi connectivity index (χ4v) is 2.28. The zero-order valence-electron chi connectivity index (χ0n) is 9.19. The zero-order valence-corrected chi connectivity index (χ0v) is 11.5. The van der Waals surface area contributed by atoms with E-state index in [1.165, 1.54) is 0 Å². The summed E-state index contributed by atoms with van der Waals surface area (Å²) in [5, 5.41) is 10.9. The van der Waals surface area contributed by atoms with E-state index < -0.39 is 6.10 Å². The van der Waals surface area contributed by atoms with Gasteiger partial charge >= 0.3 is 0 Å². The molecular weight excluding hydrogens is 302 g/mol. The van der Waals surface area contributed by atoms with Gasteiger partial charge in [-0.25, -0.2) is 0 Å². The van der Waals surface area contributed by atoms with Crippen molar-refractivity contribution in [1.82, 2.24) is 4.98 Å². The van der Waals surface area contributed by atoms with Crippen LogP contribution in [0.15, 0.2) is 41.1 Å². The van der Waals surface area contributed by atoms with Crippen LogP contribution in [0.4, 0.5) is 0 Å². The Morgan fingerprint density at radius 1 is 1.29 bits per heavy atom. The summed E-state index contributed by atoms with van der Waals surface area (Å²) in [5.74, 6) is 0. The third-order valence-corrected chi connectivity index (χ3v) is 3.42. The number of rotatable bonds is 2. The number of halogens is 2. The van der Waals surface area contributed by atoms with Gasteiger partial charge in [0.05, 0.1) is 0 Å². The fraction of sp³-hybridized carbons (Fsp3) is 0.154. The quantitative estimate of drug-likeness (QED) is 0.912. The minimum atomic E-state index is -0.726. The maximum absolute atomic E-state index is 10.3. The van der Waals surface area contributed by atoms with Crippen molar-refractivity contribution in [3.63, 3.8) is 0 Å². The standard InChI is InChI=1S/C13H11BrClNO/c1-8-4-9(7-16-6-8)13(17)11-5-10(15)2-3-12(11)14/h2-7,13,17H,1H3. The molecule has 0 aliphatic heterocycles. The lowest BCUT2D eigenvalue weighted by Crippen LogP contribution is -2.01. The Morgan fingerprint density at radius 3 is 2.76 bits per heavy atom. The van der Waals surface area contributed by atoms with Crippen LogP contribution in [0.25, 0.3) is 0 Å². The summed E-state index contributed by atoms with van der Waals surface area (Å²) in [6, 6.07) is 7.25. The third kappa shape index (κ3) is 2.86. The highest BCUT2D eigenvalue weighted by atomic mass is 79.9. The second-order valence-corrected chi connectivity index (χ2v) is 5.15. The van der Waals surface area contributed by atoms with Crippen LogP contribution < -0.4 is 0 Å². The lowest BCUT2D eigenvalue weighted by Gasteiger charge is -2.13. The average Bonchev–Trinajstić information content (AvgIpc) is 2.31. The second kappa shape index (κ2) is 5.17. The van der Waals surface area contributed by atoms with Crippen LogP contribution in [0.1, 0.15) is 22.8 Å². The third-order valence-electron chi connectivity index (χ3n) is 2.46. The summed E-state index contributed by atoms with van der Waals surface area (Å²) in [4.78, 5) is 4.07. The molecule has 88 valence electrons. The molecule has 1 aromatic carbocycles. The van der Waals surface area contributed by atoms with E-state index in [1.54, 1.807) is 24.5 Å². The molecule has 0 radical (unpaired) electrons. The number of benzene rings is 1. The minimum absolute atomic E-state index is 0.600. The van der Waals surface area contributed by atoms with Crippen molar-refractivity contribution in [2.24, 2.45) is 0 Å². The number of hydrogen-bond acceptors (Lipinski definition) is 2. The molecule has 0 saturated heterocycles. The van der Waals surface area contributed by atoms with Crippen LogP contribution in [0, 0.1) is 6.92 Å². The van der Waals surface area contributed by atoms with E-state index in [4.69, 9.17) is 11.6 Å². The average molecular weight is 313 g/mol. The van der Waals surface area contributed by atoms with Crippen LogP contribution in [0.3, 0.4) is 0 Å². The van der Waals surface area contributed by atoms with Gasteiger partial charge in [0.1, 0.15) is 6.10 Å². The van der Waals surface area contributed by atoms with E-state index in [1.807, 2.05) is 19.1 Å². The van der Waals surface area contributed by atoms with Crippen molar-refractivity contribution in [2.45, 2.75) is 13.0 Å². The molecule has 0 aliphatic rings. The van der Waals surface area contributed by atoms with Crippen LogP contribution in [-0.2, 0) is 0 Å². The fourth-order valence-electron chi connectivity index (χ4n) is 1.63. The van der Waals surface area contributed by atoms with Gasteiger partial charge in [0.25, 0.3) is 0 Å². The number of aryl methyl sites for hydroxylation is 1. The molecule has 0 fully saturated rings. The summed E-state index contributed by atoms with van der Waals surface area (Å²) in [6.45, 7) is 1.94. The Bertz CT molecular complexity index is 545. The van der Waals surface area contributed by atoms with Gasteiger partial charge in [-0.05, 0) is 30.7 Å². The van der Waals surface area contributed by atoms with Crippen molar-refractivity contribution in [1.29, 1.82) is 0 Å². The van der Waals surface area contributed by atoms with Gasteiger partial charge in [-0.1, -0.05) is 33.6 Å². The van der Waals surface area contributed by atoms with E-state index in [2.05, 4.69) is 20.9 Å². The summed E-state index contributed by atoms with van der Waals surface area (Å²) >= 11 is 9.34. The van der Waals surface area contributed by atoms with E-state index in [9.17, 15) is 5.11 Å². The van der Waals surface area contributed by atoms with E-state index in [0.29, 0.717) is 5.02 Å². The predicted molar refractivity (Wildman–Crippen MR) is 72.2 cm³/mol. The lowest BCUT2D eigenvalue weighted by molar-refractivity contribution is 0.219. The zero-order chi connectivity index (χ0) is 12.4. The molecule has 0 saturated carbocycles. The topological polar surface area (TPSA) is 33.1 Å². The molecule has 1 N–H and O–H groups in total. The Morgan fingerprint density at radius 2 is 2.06 bits per heavy atom. The first-order chi connectivity index (χ1) is 8.08. The number of hydrogen-bond donors (Lipinski definition) is 1. The molecule has 1 unspecified atom stereocenters. The highest BCUT2D eigenvalue weighted by Gasteiger charge is 2.14. The molecule has 2 aromatic rings. The summed E-state index contributed by atoms with van der Waals surface area (Å²) < 4.78 is 0.830. The maximum Gasteiger partial charge on any atom is 0.107 e. The molecule has 0 aliphatic carbocycles. The molecule has 1 aromatic heterocycles. The van der Waals surface area contributed by atoms with Gasteiger partial charge in [0.15, 0.2) is 0 Å². The van der Waals surface area contributed by atoms with E-state index in [0.717, 1.165) is 21.2 Å². The van der Waals surface area contributed by atoms with Crippen molar-refractivity contribution in [3.8, 4) is 0 Å². The molecule has 1 heterocycles. The molecule has 2 rings (SSSR count). The number of pyridine rings is 1. The van der Waals surface area contributed by atoms with Gasteiger partial charge in [0.2, 0.25) is 0 Å². The Labute approximate surface area is 113 Å². The molecular formula is C13H11BrClNO. The first-order valence-corrected chi connectivity index (χ1v) is 6.29. The summed E-state index contributed by atoms with van der Waals surface area (Å²) in [6.07, 6.45) is 2.68. The monoisotopic (exact) mass is 311 g/mol. The molecule has 0 spiro atoms. The molecule has 4 heteroatoms. The normalized spacial score (nSPS) is 12.5. The summed E-state index contributed by atoms with van der Waals surface area (Å²) in [7, 11) is 0. The number of nitrogens with zero attached hydrogens (tertiary/aromatic N) is 1. The van der Waals surface area contributed by atoms with Gasteiger partial charge in [0, 0.05) is 33.0 Å². The lowest BCUT2D eigenvalue weighted by atomic mass is 10.0. The van der Waals surface area contributed by atoms with Gasteiger partial charge in [-0.15, -0.1) is 0 Å². The van der Waals surface area contributed by atoms with Crippen LogP contribution in [0.2, 0.25) is 5.02 Å². The Hall–Kier alpha value is -0.900. The first-order valence-electron chi connectivity index (χ1n) is 5.12. The maximum atomic E-state index is 10.3. The molecule has 0 amide bonds. The largest absolute Gasteiger partial charge is 0.384 e. The SMILES string of the molecule is Cc1cncc(C(O)c2cc(Cl)ccc2Br)c1. The van der Waals surface area contributed by atoms with Gasteiger partial charge in [-0.2, -0.15) is 0 Å². The van der Waals surface area contributed by atoms with Crippen LogP contribution >= 0.6 is 27.5 Å². The van der Waals surface area contributed by atoms with Crippen molar-refractivity contribution in [2.75, 3.05) is 0 Å².